The van der Waals surface area contributed by atoms with Gasteiger partial charge in [0.2, 0.25) is 0 Å². The zero-order chi connectivity index (χ0) is 17.1. The summed E-state index contributed by atoms with van der Waals surface area (Å²) in [5.41, 5.74) is -2.36. The summed E-state index contributed by atoms with van der Waals surface area (Å²) in [6, 6.07) is 0. The van der Waals surface area contributed by atoms with Crippen molar-refractivity contribution < 1.29 is 28.6 Å². The van der Waals surface area contributed by atoms with Gasteiger partial charge < -0.3 is 20.1 Å². The molecular weight excluding hydrogens is 287 g/mol. The Labute approximate surface area is 113 Å². The number of hydrogen-bond acceptors (Lipinski definition) is 6. The predicted molar refractivity (Wildman–Crippen MR) is 59.4 cm³/mol. The normalized spacial score (nSPS) is 41.6. The number of rotatable bonds is 2. The SMILES string of the molecule is [2H]C([2H])(O)[C@@]1(F)O[C@@]([2H])(n2cc(Cl)c(=O)[nH]c2=O)[C@H](O)[C@@H]1O. The highest BCUT2D eigenvalue weighted by atomic mass is 35.5. The Bertz CT molecular complexity index is 723. The van der Waals surface area contributed by atoms with E-state index in [2.05, 4.69) is 4.74 Å². The van der Waals surface area contributed by atoms with Crippen LogP contribution in [-0.2, 0) is 4.74 Å². The summed E-state index contributed by atoms with van der Waals surface area (Å²) in [6.45, 7) is -3.80. The molecule has 0 bridgehead atoms. The molecule has 1 fully saturated rings. The van der Waals surface area contributed by atoms with Crippen LogP contribution in [0.15, 0.2) is 15.8 Å². The van der Waals surface area contributed by atoms with Gasteiger partial charge in [0.1, 0.15) is 23.8 Å². The molecule has 2 heterocycles. The summed E-state index contributed by atoms with van der Waals surface area (Å²) >= 11 is 5.47. The molecule has 8 nitrogen and oxygen atoms in total. The van der Waals surface area contributed by atoms with Gasteiger partial charge in [0.05, 0.1) is 4.11 Å². The molecule has 0 aliphatic carbocycles. The second kappa shape index (κ2) is 4.69. The predicted octanol–water partition coefficient (Wildman–Crippen LogP) is -1.90. The van der Waals surface area contributed by atoms with Crippen LogP contribution >= 0.6 is 11.6 Å². The molecule has 1 aromatic heterocycles. The molecular formula is C9H10ClFN2O6. The molecule has 4 N–H and O–H groups in total. The van der Waals surface area contributed by atoms with E-state index in [4.69, 9.17) is 20.8 Å². The Balaban J connectivity index is 2.64. The van der Waals surface area contributed by atoms with Crippen LogP contribution in [-0.4, -0.2) is 49.5 Å². The first-order valence-electron chi connectivity index (χ1n) is 6.34. The van der Waals surface area contributed by atoms with Gasteiger partial charge in [0.15, 0.2) is 6.20 Å². The third-order valence-electron chi connectivity index (χ3n) is 2.47. The lowest BCUT2D eigenvalue weighted by molar-refractivity contribution is -0.207. The second-order valence-corrected chi connectivity index (χ2v) is 4.10. The van der Waals surface area contributed by atoms with Crippen LogP contribution in [0.1, 0.15) is 10.3 Å². The molecule has 2 rings (SSSR count). The third kappa shape index (κ3) is 2.19. The maximum Gasteiger partial charge on any atom is 0.330 e. The molecule has 0 spiro atoms. The first-order valence-corrected chi connectivity index (χ1v) is 5.22. The van der Waals surface area contributed by atoms with E-state index in [1.807, 2.05) is 0 Å². The van der Waals surface area contributed by atoms with Crippen molar-refractivity contribution in [3.8, 4) is 0 Å². The zero-order valence-electron chi connectivity index (χ0n) is 12.0. The monoisotopic (exact) mass is 299 g/mol. The number of ether oxygens (including phenoxy) is 1. The van der Waals surface area contributed by atoms with Gasteiger partial charge in [-0.25, -0.2) is 9.18 Å². The van der Waals surface area contributed by atoms with Crippen molar-refractivity contribution in [2.75, 3.05) is 6.56 Å². The lowest BCUT2D eigenvalue weighted by Gasteiger charge is -2.19. The number of aromatic amines is 1. The number of aliphatic hydroxyl groups excluding tert-OH is 2. The van der Waals surface area contributed by atoms with Gasteiger partial charge >= 0.3 is 5.69 Å². The minimum absolute atomic E-state index is 0.150. The van der Waals surface area contributed by atoms with Gasteiger partial charge in [-0.15, -0.1) is 0 Å². The number of hydrogen-bond donors (Lipinski definition) is 4. The van der Waals surface area contributed by atoms with Crippen molar-refractivity contribution in [1.82, 2.24) is 9.55 Å². The molecule has 1 aliphatic rings. The van der Waals surface area contributed by atoms with Crippen molar-refractivity contribution >= 4 is 11.6 Å². The van der Waals surface area contributed by atoms with Gasteiger partial charge in [-0.05, 0) is 0 Å². The van der Waals surface area contributed by atoms with Crippen molar-refractivity contribution in [2.45, 2.75) is 24.3 Å². The van der Waals surface area contributed by atoms with E-state index < -0.39 is 47.1 Å². The molecule has 0 radical (unpaired) electrons. The van der Waals surface area contributed by atoms with Crippen LogP contribution in [0.4, 0.5) is 4.39 Å². The van der Waals surface area contributed by atoms with Gasteiger partial charge in [0, 0.05) is 6.20 Å². The van der Waals surface area contributed by atoms with E-state index in [9.17, 15) is 24.2 Å². The maximum absolute atomic E-state index is 14.4. The van der Waals surface area contributed by atoms with Crippen LogP contribution in [0.5, 0.6) is 0 Å². The smallest absolute Gasteiger partial charge is 0.330 e. The van der Waals surface area contributed by atoms with E-state index in [0.717, 1.165) is 0 Å². The largest absolute Gasteiger partial charge is 0.390 e. The second-order valence-electron chi connectivity index (χ2n) is 3.69. The molecule has 0 aromatic carbocycles. The minimum atomic E-state index is -3.91. The van der Waals surface area contributed by atoms with E-state index in [-0.39, 0.29) is 4.57 Å². The number of halogens is 2. The molecule has 1 aliphatic heterocycles. The summed E-state index contributed by atoms with van der Waals surface area (Å²) in [4.78, 5) is 24.5. The Morgan fingerprint density at radius 2 is 2.32 bits per heavy atom. The fourth-order valence-electron chi connectivity index (χ4n) is 1.50. The average molecular weight is 300 g/mol. The molecule has 0 saturated carbocycles. The Morgan fingerprint density at radius 3 is 2.84 bits per heavy atom. The number of nitrogens with one attached hydrogen (secondary N) is 1. The third-order valence-corrected chi connectivity index (χ3v) is 2.74. The Hall–Kier alpha value is -1.26. The van der Waals surface area contributed by atoms with Crippen molar-refractivity contribution in [2.24, 2.45) is 0 Å². The average Bonchev–Trinajstić information content (AvgIpc) is 2.56. The van der Waals surface area contributed by atoms with Crippen LogP contribution < -0.4 is 11.2 Å². The highest BCUT2D eigenvalue weighted by Gasteiger charge is 2.55. The quantitative estimate of drug-likeness (QED) is 0.505. The lowest BCUT2D eigenvalue weighted by Crippen LogP contribution is -2.42. The highest BCUT2D eigenvalue weighted by Crippen LogP contribution is 2.37. The molecule has 4 atom stereocenters. The highest BCUT2D eigenvalue weighted by molar-refractivity contribution is 6.30. The fraction of sp³-hybridized carbons (Fsp3) is 0.556. The minimum Gasteiger partial charge on any atom is -0.390 e. The number of nitrogens with zero attached hydrogens (tertiary/aromatic N) is 1. The lowest BCUT2D eigenvalue weighted by atomic mass is 10.1. The van der Waals surface area contributed by atoms with E-state index in [0.29, 0.717) is 6.20 Å². The summed E-state index contributed by atoms with van der Waals surface area (Å²) in [5.74, 6) is -3.91. The number of aromatic nitrogens is 2. The van der Waals surface area contributed by atoms with Crippen LogP contribution in [0.3, 0.4) is 0 Å². The van der Waals surface area contributed by atoms with Gasteiger partial charge in [0.25, 0.3) is 11.4 Å². The van der Waals surface area contributed by atoms with Crippen LogP contribution in [0, 0.1) is 0 Å². The van der Waals surface area contributed by atoms with Crippen LogP contribution in [0.25, 0.3) is 0 Å². The first kappa shape index (κ1) is 10.5. The van der Waals surface area contributed by atoms with E-state index in [1.54, 1.807) is 4.98 Å². The standard InChI is InChI=1S/C9H10ClFN2O6/c10-3-1-13(8(18)12-6(3)17)7-4(15)5(16)9(11,2-14)19-7/h1,4-5,7,14-16H,2H2,(H,12,17,18)/t4-,5+,7-,9-/m1/s1/i2D2,7D. The van der Waals surface area contributed by atoms with Crippen molar-refractivity contribution in [3.63, 3.8) is 0 Å². The summed E-state index contributed by atoms with van der Waals surface area (Å²) in [6.07, 6.45) is -7.73. The molecule has 1 saturated heterocycles. The van der Waals surface area contributed by atoms with Crippen molar-refractivity contribution in [3.05, 3.63) is 32.1 Å². The van der Waals surface area contributed by atoms with Gasteiger partial charge in [-0.2, -0.15) is 0 Å². The summed E-state index contributed by atoms with van der Waals surface area (Å²) in [7, 11) is 0. The molecule has 0 unspecified atom stereocenters. The number of alkyl halides is 1. The number of aliphatic hydroxyl groups is 3. The van der Waals surface area contributed by atoms with Crippen LogP contribution in [0.2, 0.25) is 5.02 Å². The Kier molecular flexibility index (Phi) is 2.60. The topological polar surface area (TPSA) is 125 Å². The summed E-state index contributed by atoms with van der Waals surface area (Å²) < 4.78 is 40.5. The summed E-state index contributed by atoms with van der Waals surface area (Å²) in [5, 5.41) is 27.9. The van der Waals surface area contributed by atoms with E-state index >= 15 is 0 Å². The zero-order valence-corrected chi connectivity index (χ0v) is 9.76. The molecule has 0 amide bonds. The number of H-pyrrole nitrogens is 1. The van der Waals surface area contributed by atoms with Gasteiger partial charge in [-0.3, -0.25) is 14.3 Å². The van der Waals surface area contributed by atoms with E-state index in [1.165, 1.54) is 0 Å². The molecule has 10 heteroatoms. The van der Waals surface area contributed by atoms with Crippen molar-refractivity contribution in [1.29, 1.82) is 0 Å². The Morgan fingerprint density at radius 1 is 1.68 bits per heavy atom. The molecule has 106 valence electrons. The van der Waals surface area contributed by atoms with Gasteiger partial charge in [-0.1, -0.05) is 11.6 Å². The molecule has 19 heavy (non-hydrogen) atoms. The molecule has 1 aromatic rings. The first-order chi connectivity index (χ1) is 9.84. The fourth-order valence-corrected chi connectivity index (χ4v) is 1.65. The maximum atomic E-state index is 14.4.